The maximum absolute atomic E-state index is 4.48. The van der Waals surface area contributed by atoms with Gasteiger partial charge in [-0.25, -0.2) is 4.98 Å². The smallest absolute Gasteiger partial charge is 0.191 e. The van der Waals surface area contributed by atoms with E-state index in [2.05, 4.69) is 30.9 Å². The first-order valence-corrected chi connectivity index (χ1v) is 9.25. The average Bonchev–Trinajstić information content (AvgIpc) is 3.24. The highest BCUT2D eigenvalue weighted by atomic mass is 127. The lowest BCUT2D eigenvalue weighted by Crippen LogP contribution is -2.45. The van der Waals surface area contributed by atoms with Gasteiger partial charge in [0, 0.05) is 43.3 Å². The van der Waals surface area contributed by atoms with Gasteiger partial charge in [-0.15, -0.1) is 35.3 Å². The number of guanidine groups is 1. The molecule has 0 spiro atoms. The van der Waals surface area contributed by atoms with Crippen molar-refractivity contribution >= 4 is 41.3 Å². The lowest BCUT2D eigenvalue weighted by molar-refractivity contribution is 0.242. The molecule has 0 radical (unpaired) electrons. The Morgan fingerprint density at radius 1 is 1.39 bits per heavy atom. The first-order valence-electron chi connectivity index (χ1n) is 8.37. The molecule has 2 heterocycles. The van der Waals surface area contributed by atoms with Gasteiger partial charge in [0.05, 0.1) is 6.54 Å². The van der Waals surface area contributed by atoms with E-state index < -0.39 is 0 Å². The summed E-state index contributed by atoms with van der Waals surface area (Å²) in [7, 11) is 1.84. The SMILES string of the molecule is CN=C(NCc1nc(C)cs1)NC1CCN(C2CCCC2)C1.I. The summed E-state index contributed by atoms with van der Waals surface area (Å²) in [5.74, 6) is 0.895. The highest BCUT2D eigenvalue weighted by Crippen LogP contribution is 2.26. The van der Waals surface area contributed by atoms with Crippen molar-refractivity contribution in [3.05, 3.63) is 16.1 Å². The number of aromatic nitrogens is 1. The van der Waals surface area contributed by atoms with Crippen LogP contribution in [-0.4, -0.2) is 48.1 Å². The fraction of sp³-hybridized carbons (Fsp3) is 0.750. The van der Waals surface area contributed by atoms with Crippen molar-refractivity contribution in [1.29, 1.82) is 0 Å². The number of aryl methyl sites for hydroxylation is 1. The van der Waals surface area contributed by atoms with Crippen LogP contribution >= 0.6 is 35.3 Å². The average molecular weight is 449 g/mol. The van der Waals surface area contributed by atoms with Crippen LogP contribution in [0.2, 0.25) is 0 Å². The number of thiazole rings is 1. The zero-order chi connectivity index (χ0) is 15.4. The minimum Gasteiger partial charge on any atom is -0.352 e. The van der Waals surface area contributed by atoms with Gasteiger partial charge in [0.15, 0.2) is 5.96 Å². The van der Waals surface area contributed by atoms with Crippen molar-refractivity contribution in [2.45, 2.75) is 57.7 Å². The Morgan fingerprint density at radius 3 is 2.83 bits per heavy atom. The molecule has 2 aliphatic rings. The summed E-state index contributed by atoms with van der Waals surface area (Å²) < 4.78 is 0. The lowest BCUT2D eigenvalue weighted by atomic mass is 10.2. The number of rotatable bonds is 4. The molecular weight excluding hydrogens is 421 g/mol. The first-order chi connectivity index (χ1) is 10.7. The molecular formula is C16H28IN5S. The van der Waals surface area contributed by atoms with E-state index in [1.165, 1.54) is 38.6 Å². The van der Waals surface area contributed by atoms with Crippen molar-refractivity contribution in [2.24, 2.45) is 4.99 Å². The minimum atomic E-state index is 0. The molecule has 1 aromatic heterocycles. The third kappa shape index (κ3) is 5.29. The van der Waals surface area contributed by atoms with Gasteiger partial charge >= 0.3 is 0 Å². The number of hydrogen-bond donors (Lipinski definition) is 2. The summed E-state index contributed by atoms with van der Waals surface area (Å²) in [6, 6.07) is 1.35. The molecule has 1 unspecified atom stereocenters. The van der Waals surface area contributed by atoms with Crippen molar-refractivity contribution in [2.75, 3.05) is 20.1 Å². The van der Waals surface area contributed by atoms with Gasteiger partial charge < -0.3 is 10.6 Å². The van der Waals surface area contributed by atoms with E-state index in [-0.39, 0.29) is 24.0 Å². The highest BCUT2D eigenvalue weighted by molar-refractivity contribution is 14.0. The van der Waals surface area contributed by atoms with Gasteiger partial charge in [-0.05, 0) is 26.2 Å². The molecule has 1 aliphatic heterocycles. The monoisotopic (exact) mass is 449 g/mol. The third-order valence-corrected chi connectivity index (χ3v) is 5.67. The summed E-state index contributed by atoms with van der Waals surface area (Å²) in [6.45, 7) is 5.16. The summed E-state index contributed by atoms with van der Waals surface area (Å²) in [5, 5.41) is 10.1. The van der Waals surface area contributed by atoms with Crippen LogP contribution in [0.4, 0.5) is 0 Å². The van der Waals surface area contributed by atoms with Crippen LogP contribution in [0.25, 0.3) is 0 Å². The van der Waals surface area contributed by atoms with E-state index in [0.29, 0.717) is 6.04 Å². The number of likely N-dealkylation sites (tertiary alicyclic amines) is 1. The maximum Gasteiger partial charge on any atom is 0.191 e. The van der Waals surface area contributed by atoms with E-state index in [9.17, 15) is 0 Å². The Hall–Kier alpha value is -0.410. The molecule has 3 rings (SSSR count). The lowest BCUT2D eigenvalue weighted by Gasteiger charge is -2.24. The zero-order valence-corrected chi connectivity index (χ0v) is 17.2. The van der Waals surface area contributed by atoms with E-state index in [4.69, 9.17) is 0 Å². The Bertz CT molecular complexity index is 512. The van der Waals surface area contributed by atoms with Gasteiger partial charge in [0.2, 0.25) is 0 Å². The molecule has 0 aromatic carbocycles. The van der Waals surface area contributed by atoms with Crippen LogP contribution in [0.15, 0.2) is 10.4 Å². The van der Waals surface area contributed by atoms with Gasteiger partial charge in [-0.1, -0.05) is 12.8 Å². The van der Waals surface area contributed by atoms with E-state index in [1.807, 2.05) is 14.0 Å². The molecule has 1 aliphatic carbocycles. The van der Waals surface area contributed by atoms with Crippen LogP contribution in [-0.2, 0) is 6.54 Å². The topological polar surface area (TPSA) is 52.6 Å². The van der Waals surface area contributed by atoms with Crippen LogP contribution < -0.4 is 10.6 Å². The molecule has 7 heteroatoms. The number of halogens is 1. The predicted octanol–water partition coefficient (Wildman–Crippen LogP) is 2.75. The van der Waals surface area contributed by atoms with Gasteiger partial charge in [-0.3, -0.25) is 9.89 Å². The molecule has 2 N–H and O–H groups in total. The molecule has 0 amide bonds. The fourth-order valence-electron chi connectivity index (χ4n) is 3.54. The number of nitrogens with one attached hydrogen (secondary N) is 2. The standard InChI is InChI=1S/C16H27N5S.HI/c1-12-11-22-15(19-12)9-18-16(17-2)20-13-7-8-21(10-13)14-5-3-4-6-14;/h11,13-14H,3-10H2,1-2H3,(H2,17,18,20);1H. The van der Waals surface area contributed by atoms with Crippen LogP contribution in [0, 0.1) is 6.92 Å². The van der Waals surface area contributed by atoms with Crippen LogP contribution in [0.1, 0.15) is 42.8 Å². The molecule has 1 aromatic rings. The Labute approximate surface area is 160 Å². The zero-order valence-electron chi connectivity index (χ0n) is 14.0. The number of nitrogens with zero attached hydrogens (tertiary/aromatic N) is 3. The molecule has 23 heavy (non-hydrogen) atoms. The molecule has 1 saturated carbocycles. The first kappa shape index (κ1) is 18.9. The summed E-state index contributed by atoms with van der Waals surface area (Å²) in [5.41, 5.74) is 1.09. The molecule has 130 valence electrons. The maximum atomic E-state index is 4.48. The highest BCUT2D eigenvalue weighted by Gasteiger charge is 2.30. The second-order valence-electron chi connectivity index (χ2n) is 6.37. The summed E-state index contributed by atoms with van der Waals surface area (Å²) in [4.78, 5) is 11.5. The van der Waals surface area contributed by atoms with Crippen LogP contribution in [0.3, 0.4) is 0 Å². The minimum absolute atomic E-state index is 0. The van der Waals surface area contributed by atoms with E-state index in [1.54, 1.807) is 11.3 Å². The van der Waals surface area contributed by atoms with Crippen molar-refractivity contribution in [3.63, 3.8) is 0 Å². The van der Waals surface area contributed by atoms with Gasteiger partial charge in [-0.2, -0.15) is 0 Å². The van der Waals surface area contributed by atoms with E-state index >= 15 is 0 Å². The second kappa shape index (κ2) is 9.17. The Morgan fingerprint density at radius 2 is 2.17 bits per heavy atom. The molecule has 0 bridgehead atoms. The fourth-order valence-corrected chi connectivity index (χ4v) is 4.25. The van der Waals surface area contributed by atoms with Crippen LogP contribution in [0.5, 0.6) is 0 Å². The van der Waals surface area contributed by atoms with Crippen molar-refractivity contribution in [1.82, 2.24) is 20.5 Å². The number of hydrogen-bond acceptors (Lipinski definition) is 4. The Kier molecular flexibility index (Phi) is 7.55. The molecule has 1 atom stereocenters. The molecule has 2 fully saturated rings. The summed E-state index contributed by atoms with van der Waals surface area (Å²) >= 11 is 1.70. The third-order valence-electron chi connectivity index (χ3n) is 4.70. The van der Waals surface area contributed by atoms with Crippen molar-refractivity contribution in [3.8, 4) is 0 Å². The molecule has 1 saturated heterocycles. The summed E-state index contributed by atoms with van der Waals surface area (Å²) in [6.07, 6.45) is 6.82. The van der Waals surface area contributed by atoms with Gasteiger partial charge in [0.25, 0.3) is 0 Å². The molecule has 5 nitrogen and oxygen atoms in total. The van der Waals surface area contributed by atoms with E-state index in [0.717, 1.165) is 35.8 Å². The van der Waals surface area contributed by atoms with Crippen molar-refractivity contribution < 1.29 is 0 Å². The van der Waals surface area contributed by atoms with Gasteiger partial charge in [0.1, 0.15) is 5.01 Å². The quantitative estimate of drug-likeness (QED) is 0.422. The normalized spacial score (nSPS) is 23.0. The Balaban J connectivity index is 0.00000192. The second-order valence-corrected chi connectivity index (χ2v) is 7.31. The number of aliphatic imine (C=N–C) groups is 1. The predicted molar refractivity (Wildman–Crippen MR) is 108 cm³/mol. The largest absolute Gasteiger partial charge is 0.352 e.